The van der Waals surface area contributed by atoms with E-state index in [2.05, 4.69) is 15.6 Å². The fourth-order valence-corrected chi connectivity index (χ4v) is 2.27. The number of hydrogen-bond acceptors (Lipinski definition) is 5. The number of benzene rings is 1. The van der Waals surface area contributed by atoms with Crippen LogP contribution < -0.4 is 16.4 Å². The molecule has 2 aromatic rings. The highest BCUT2D eigenvalue weighted by Gasteiger charge is 2.12. The molecular formula is C14H16N4O2S. The molecule has 0 spiro atoms. The summed E-state index contributed by atoms with van der Waals surface area (Å²) in [6.45, 7) is 2.71. The summed E-state index contributed by atoms with van der Waals surface area (Å²) >= 11 is 1.20. The van der Waals surface area contributed by atoms with Gasteiger partial charge in [-0.1, -0.05) is 17.7 Å². The smallest absolute Gasteiger partial charge is 0.270 e. The molecule has 0 saturated heterocycles. The molecule has 0 fully saturated rings. The molecule has 1 heterocycles. The van der Waals surface area contributed by atoms with E-state index in [1.54, 1.807) is 17.5 Å². The van der Waals surface area contributed by atoms with Gasteiger partial charge in [-0.15, -0.1) is 11.3 Å². The number of amides is 2. The number of anilines is 1. The summed E-state index contributed by atoms with van der Waals surface area (Å²) in [6, 6.07) is 7.21. The Kier molecular flexibility index (Phi) is 5.02. The summed E-state index contributed by atoms with van der Waals surface area (Å²) in [7, 11) is 0. The molecule has 0 unspecified atom stereocenters. The van der Waals surface area contributed by atoms with E-state index in [-0.39, 0.29) is 17.5 Å². The molecule has 0 aliphatic carbocycles. The van der Waals surface area contributed by atoms with Crippen LogP contribution in [0, 0.1) is 6.92 Å². The summed E-state index contributed by atoms with van der Waals surface area (Å²) in [6.07, 6.45) is 0. The van der Waals surface area contributed by atoms with Crippen LogP contribution in [0.15, 0.2) is 29.6 Å². The molecule has 21 heavy (non-hydrogen) atoms. The first kappa shape index (κ1) is 15.1. The SMILES string of the molecule is Cc1ccc(C(=O)Nc2nc(C(=O)NCCN)cs2)cc1. The second kappa shape index (κ2) is 6.96. The molecule has 4 N–H and O–H groups in total. The molecule has 0 radical (unpaired) electrons. The number of thiazole rings is 1. The Morgan fingerprint density at radius 1 is 1.24 bits per heavy atom. The van der Waals surface area contributed by atoms with Crippen LogP contribution in [0.4, 0.5) is 5.13 Å². The highest BCUT2D eigenvalue weighted by atomic mass is 32.1. The minimum absolute atomic E-state index is 0.252. The first-order chi connectivity index (χ1) is 10.1. The van der Waals surface area contributed by atoms with Crippen LogP contribution in [-0.4, -0.2) is 29.9 Å². The third-order valence-electron chi connectivity index (χ3n) is 2.70. The van der Waals surface area contributed by atoms with Crippen LogP contribution in [0.2, 0.25) is 0 Å². The number of aryl methyl sites for hydroxylation is 1. The van der Waals surface area contributed by atoms with Gasteiger partial charge in [-0.2, -0.15) is 0 Å². The van der Waals surface area contributed by atoms with Crippen LogP contribution in [0.25, 0.3) is 0 Å². The maximum Gasteiger partial charge on any atom is 0.270 e. The van der Waals surface area contributed by atoms with Crippen molar-refractivity contribution in [3.05, 3.63) is 46.5 Å². The van der Waals surface area contributed by atoms with Crippen LogP contribution in [0.1, 0.15) is 26.4 Å². The van der Waals surface area contributed by atoms with E-state index in [0.29, 0.717) is 23.8 Å². The number of aromatic nitrogens is 1. The molecule has 0 atom stereocenters. The van der Waals surface area contributed by atoms with Crippen molar-refractivity contribution in [2.45, 2.75) is 6.92 Å². The van der Waals surface area contributed by atoms with E-state index in [9.17, 15) is 9.59 Å². The molecule has 0 aliphatic heterocycles. The minimum Gasteiger partial charge on any atom is -0.349 e. The highest BCUT2D eigenvalue weighted by molar-refractivity contribution is 7.14. The van der Waals surface area contributed by atoms with E-state index in [4.69, 9.17) is 5.73 Å². The average molecular weight is 304 g/mol. The third kappa shape index (κ3) is 4.11. The molecule has 2 rings (SSSR count). The molecule has 1 aromatic heterocycles. The lowest BCUT2D eigenvalue weighted by atomic mass is 10.1. The van der Waals surface area contributed by atoms with E-state index >= 15 is 0 Å². The number of carbonyl (C=O) groups is 2. The number of nitrogens with zero attached hydrogens (tertiary/aromatic N) is 1. The zero-order valence-corrected chi connectivity index (χ0v) is 12.4. The normalized spacial score (nSPS) is 10.2. The van der Waals surface area contributed by atoms with E-state index in [1.165, 1.54) is 11.3 Å². The Balaban J connectivity index is 2.00. The molecule has 6 nitrogen and oxygen atoms in total. The summed E-state index contributed by atoms with van der Waals surface area (Å²) in [5, 5.41) is 7.27. The number of nitrogens with two attached hydrogens (primary N) is 1. The maximum absolute atomic E-state index is 12.0. The van der Waals surface area contributed by atoms with Gasteiger partial charge in [0.05, 0.1) is 0 Å². The lowest BCUT2D eigenvalue weighted by Gasteiger charge is -2.02. The molecular weight excluding hydrogens is 288 g/mol. The summed E-state index contributed by atoms with van der Waals surface area (Å²) in [4.78, 5) is 27.8. The van der Waals surface area contributed by atoms with E-state index in [1.807, 2.05) is 19.1 Å². The number of carbonyl (C=O) groups excluding carboxylic acids is 2. The quantitative estimate of drug-likeness (QED) is 0.777. The average Bonchev–Trinajstić information content (AvgIpc) is 2.94. The van der Waals surface area contributed by atoms with Gasteiger partial charge in [0, 0.05) is 24.0 Å². The van der Waals surface area contributed by atoms with Crippen LogP contribution >= 0.6 is 11.3 Å². The Morgan fingerprint density at radius 2 is 1.95 bits per heavy atom. The number of nitrogens with one attached hydrogen (secondary N) is 2. The molecule has 0 aliphatic rings. The van der Waals surface area contributed by atoms with Gasteiger partial charge in [0.15, 0.2) is 5.13 Å². The van der Waals surface area contributed by atoms with Gasteiger partial charge >= 0.3 is 0 Å². The topological polar surface area (TPSA) is 97.1 Å². The monoisotopic (exact) mass is 304 g/mol. The van der Waals surface area contributed by atoms with Gasteiger partial charge in [0.25, 0.3) is 11.8 Å². The Bertz CT molecular complexity index is 637. The number of rotatable bonds is 5. The van der Waals surface area contributed by atoms with Gasteiger partial charge in [0.2, 0.25) is 0 Å². The lowest BCUT2D eigenvalue weighted by Crippen LogP contribution is -2.29. The van der Waals surface area contributed by atoms with Crippen LogP contribution in [-0.2, 0) is 0 Å². The van der Waals surface area contributed by atoms with Crippen molar-refractivity contribution in [2.75, 3.05) is 18.4 Å². The maximum atomic E-state index is 12.0. The van der Waals surface area contributed by atoms with Gasteiger partial charge in [-0.25, -0.2) is 4.98 Å². The molecule has 0 bridgehead atoms. The summed E-state index contributed by atoms with van der Waals surface area (Å²) < 4.78 is 0. The third-order valence-corrected chi connectivity index (χ3v) is 3.46. The molecule has 2 amide bonds. The van der Waals surface area contributed by atoms with Crippen molar-refractivity contribution >= 4 is 28.3 Å². The fourth-order valence-electron chi connectivity index (χ4n) is 1.59. The zero-order chi connectivity index (χ0) is 15.2. The number of hydrogen-bond donors (Lipinski definition) is 3. The largest absolute Gasteiger partial charge is 0.349 e. The summed E-state index contributed by atoms with van der Waals surface area (Å²) in [5.41, 5.74) is 7.21. The van der Waals surface area contributed by atoms with Crippen molar-refractivity contribution in [1.29, 1.82) is 0 Å². The highest BCUT2D eigenvalue weighted by Crippen LogP contribution is 2.16. The molecule has 1 aromatic carbocycles. The Morgan fingerprint density at radius 3 is 2.62 bits per heavy atom. The van der Waals surface area contributed by atoms with E-state index < -0.39 is 0 Å². The van der Waals surface area contributed by atoms with Crippen molar-refractivity contribution in [3.63, 3.8) is 0 Å². The zero-order valence-electron chi connectivity index (χ0n) is 11.6. The standard InChI is InChI=1S/C14H16N4O2S/c1-9-2-4-10(5-3-9)12(19)18-14-17-11(8-21-14)13(20)16-7-6-15/h2-5,8H,6-7,15H2,1H3,(H,16,20)(H,17,18,19). The molecule has 0 saturated carbocycles. The van der Waals surface area contributed by atoms with Crippen LogP contribution in [0.5, 0.6) is 0 Å². The van der Waals surface area contributed by atoms with Gasteiger partial charge in [-0.3, -0.25) is 14.9 Å². The van der Waals surface area contributed by atoms with E-state index in [0.717, 1.165) is 5.56 Å². The molecule has 7 heteroatoms. The van der Waals surface area contributed by atoms with Crippen molar-refractivity contribution in [1.82, 2.24) is 10.3 Å². The second-order valence-corrected chi connectivity index (χ2v) is 5.26. The Hall–Kier alpha value is -2.25. The minimum atomic E-state index is -0.299. The van der Waals surface area contributed by atoms with Crippen LogP contribution in [0.3, 0.4) is 0 Å². The predicted molar refractivity (Wildman–Crippen MR) is 82.6 cm³/mol. The second-order valence-electron chi connectivity index (χ2n) is 4.40. The van der Waals surface area contributed by atoms with Gasteiger partial charge < -0.3 is 11.1 Å². The molecule has 110 valence electrons. The van der Waals surface area contributed by atoms with Crippen molar-refractivity contribution in [3.8, 4) is 0 Å². The van der Waals surface area contributed by atoms with Gasteiger partial charge in [-0.05, 0) is 19.1 Å². The first-order valence-electron chi connectivity index (χ1n) is 6.42. The van der Waals surface area contributed by atoms with Crippen molar-refractivity contribution in [2.24, 2.45) is 5.73 Å². The summed E-state index contributed by atoms with van der Waals surface area (Å²) in [5.74, 6) is -0.550. The predicted octanol–water partition coefficient (Wildman–Crippen LogP) is 1.39. The Labute approximate surface area is 126 Å². The van der Waals surface area contributed by atoms with Crippen molar-refractivity contribution < 1.29 is 9.59 Å². The van der Waals surface area contributed by atoms with Gasteiger partial charge in [0.1, 0.15) is 5.69 Å². The first-order valence-corrected chi connectivity index (χ1v) is 7.30. The fraction of sp³-hybridized carbons (Fsp3) is 0.214. The lowest BCUT2D eigenvalue weighted by molar-refractivity contribution is 0.0949.